The van der Waals surface area contributed by atoms with Gasteiger partial charge < -0.3 is 19.5 Å². The SMILES string of the molecule is CC(C)(C)c1nnc(C(=O)NCc2ccc(-c3ccnc4nc(-c5cnn(C6CCOCC6)c5)[nH]c34)cc2F)o1. The first-order valence-corrected chi connectivity index (χ1v) is 13.1. The van der Waals surface area contributed by atoms with E-state index in [0.29, 0.717) is 40.0 Å². The molecule has 1 aliphatic heterocycles. The molecule has 206 valence electrons. The summed E-state index contributed by atoms with van der Waals surface area (Å²) in [6, 6.07) is 6.99. The van der Waals surface area contributed by atoms with Crippen molar-refractivity contribution in [2.75, 3.05) is 13.2 Å². The highest BCUT2D eigenvalue weighted by Crippen LogP contribution is 2.30. The van der Waals surface area contributed by atoms with Crippen LogP contribution in [0.4, 0.5) is 4.39 Å². The van der Waals surface area contributed by atoms with Crippen molar-refractivity contribution >= 4 is 17.1 Å². The van der Waals surface area contributed by atoms with Gasteiger partial charge in [-0.15, -0.1) is 10.2 Å². The lowest BCUT2D eigenvalue weighted by atomic mass is 9.97. The minimum atomic E-state index is -0.563. The molecule has 11 nitrogen and oxygen atoms in total. The molecule has 0 saturated carbocycles. The van der Waals surface area contributed by atoms with Gasteiger partial charge in [0.1, 0.15) is 11.6 Å². The molecule has 0 atom stereocenters. The zero-order chi connectivity index (χ0) is 27.9. The Labute approximate surface area is 229 Å². The molecular formula is C28H29FN8O3. The molecule has 0 bridgehead atoms. The smallest absolute Gasteiger partial charge is 0.309 e. The van der Waals surface area contributed by atoms with Gasteiger partial charge in [0.25, 0.3) is 0 Å². The van der Waals surface area contributed by atoms with E-state index in [2.05, 4.69) is 35.6 Å². The summed E-state index contributed by atoms with van der Waals surface area (Å²) in [6.07, 6.45) is 7.26. The average Bonchev–Trinajstić information content (AvgIpc) is 3.71. The second kappa shape index (κ2) is 10.3. The number of amides is 1. The van der Waals surface area contributed by atoms with E-state index in [-0.39, 0.29) is 17.9 Å². The van der Waals surface area contributed by atoms with Crippen LogP contribution in [0.3, 0.4) is 0 Å². The van der Waals surface area contributed by atoms with Crippen molar-refractivity contribution in [3.63, 3.8) is 0 Å². The van der Waals surface area contributed by atoms with E-state index in [4.69, 9.17) is 9.15 Å². The number of pyridine rings is 1. The van der Waals surface area contributed by atoms with Gasteiger partial charge in [-0.3, -0.25) is 9.48 Å². The number of benzene rings is 1. The highest BCUT2D eigenvalue weighted by Gasteiger charge is 2.24. The van der Waals surface area contributed by atoms with E-state index >= 15 is 4.39 Å². The number of fused-ring (bicyclic) bond motifs is 1. The Kier molecular flexibility index (Phi) is 6.62. The number of nitrogens with zero attached hydrogens (tertiary/aromatic N) is 6. The van der Waals surface area contributed by atoms with Gasteiger partial charge in [0.15, 0.2) is 5.65 Å². The third-order valence-corrected chi connectivity index (χ3v) is 6.90. The predicted octanol–water partition coefficient (Wildman–Crippen LogP) is 4.59. The summed E-state index contributed by atoms with van der Waals surface area (Å²) in [4.78, 5) is 24.9. The molecule has 1 amide bonds. The van der Waals surface area contributed by atoms with Gasteiger partial charge in [-0.2, -0.15) is 5.10 Å². The van der Waals surface area contributed by atoms with E-state index < -0.39 is 11.7 Å². The largest absolute Gasteiger partial charge is 0.416 e. The number of nitrogens with one attached hydrogen (secondary N) is 2. The Morgan fingerprint density at radius 2 is 2.00 bits per heavy atom. The van der Waals surface area contributed by atoms with Crippen molar-refractivity contribution in [2.45, 2.75) is 51.6 Å². The van der Waals surface area contributed by atoms with Crippen LogP contribution in [0.1, 0.15) is 61.8 Å². The van der Waals surface area contributed by atoms with Gasteiger partial charge in [-0.25, -0.2) is 14.4 Å². The van der Waals surface area contributed by atoms with Crippen molar-refractivity contribution in [1.29, 1.82) is 0 Å². The summed E-state index contributed by atoms with van der Waals surface area (Å²) in [6.45, 7) is 7.15. The fourth-order valence-corrected chi connectivity index (χ4v) is 4.63. The van der Waals surface area contributed by atoms with Crippen LogP contribution in [0, 0.1) is 5.82 Å². The number of H-pyrrole nitrogens is 1. The number of carbonyl (C=O) groups excluding carboxylic acids is 1. The zero-order valence-electron chi connectivity index (χ0n) is 22.4. The minimum Gasteiger partial charge on any atom is -0.416 e. The Hall–Kier alpha value is -4.45. The van der Waals surface area contributed by atoms with Crippen LogP contribution < -0.4 is 5.32 Å². The standard InChI is InChI=1S/C28H29FN8O3/c1-28(2,3)27-36-35-26(40-27)25(38)31-13-17-5-4-16(12-21(17)29)20-6-9-30-24-22(20)33-23(34-24)18-14-32-37(15-18)19-7-10-39-11-8-19/h4-6,9,12,14-15,19H,7-8,10-11,13H2,1-3H3,(H,31,38)(H,30,33,34). The molecule has 1 fully saturated rings. The van der Waals surface area contributed by atoms with Crippen LogP contribution in [0.15, 0.2) is 47.3 Å². The van der Waals surface area contributed by atoms with Crippen LogP contribution in [-0.4, -0.2) is 54.1 Å². The summed E-state index contributed by atoms with van der Waals surface area (Å²) in [5.74, 6) is -0.182. The quantitative estimate of drug-likeness (QED) is 0.317. The molecule has 5 heterocycles. The van der Waals surface area contributed by atoms with E-state index in [1.165, 1.54) is 6.07 Å². The van der Waals surface area contributed by atoms with E-state index in [9.17, 15) is 4.79 Å². The maximum atomic E-state index is 15.1. The number of aromatic amines is 1. The third kappa shape index (κ3) is 5.09. The van der Waals surface area contributed by atoms with Crippen LogP contribution in [-0.2, 0) is 16.7 Å². The van der Waals surface area contributed by atoms with Crippen molar-refractivity contribution in [1.82, 2.24) is 40.2 Å². The number of imidazole rings is 1. The molecular weight excluding hydrogens is 515 g/mol. The molecule has 5 aromatic rings. The number of carbonyl (C=O) groups is 1. The molecule has 0 spiro atoms. The Balaban J connectivity index is 1.20. The average molecular weight is 545 g/mol. The first kappa shape index (κ1) is 25.8. The minimum absolute atomic E-state index is 0.0325. The lowest BCUT2D eigenvalue weighted by Crippen LogP contribution is -2.23. The molecule has 0 aliphatic carbocycles. The van der Waals surface area contributed by atoms with Crippen molar-refractivity contribution in [3.05, 3.63) is 66.0 Å². The lowest BCUT2D eigenvalue weighted by Gasteiger charge is -2.22. The predicted molar refractivity (Wildman–Crippen MR) is 144 cm³/mol. The molecule has 40 heavy (non-hydrogen) atoms. The maximum Gasteiger partial charge on any atom is 0.309 e. The molecule has 6 rings (SSSR count). The number of hydrogen-bond donors (Lipinski definition) is 2. The molecule has 1 aliphatic rings. The molecule has 0 unspecified atom stereocenters. The second-order valence-electron chi connectivity index (χ2n) is 10.8. The van der Waals surface area contributed by atoms with Crippen molar-refractivity contribution in [3.8, 4) is 22.5 Å². The summed E-state index contributed by atoms with van der Waals surface area (Å²) in [5, 5.41) is 14.9. The van der Waals surface area contributed by atoms with E-state index in [1.54, 1.807) is 24.5 Å². The number of hydrogen-bond acceptors (Lipinski definition) is 8. The first-order valence-electron chi connectivity index (χ1n) is 13.1. The van der Waals surface area contributed by atoms with E-state index in [1.807, 2.05) is 37.7 Å². The molecule has 1 saturated heterocycles. The van der Waals surface area contributed by atoms with Crippen LogP contribution in [0.5, 0.6) is 0 Å². The second-order valence-corrected chi connectivity index (χ2v) is 10.8. The van der Waals surface area contributed by atoms with Gasteiger partial charge in [-0.1, -0.05) is 32.9 Å². The Morgan fingerprint density at radius 1 is 1.18 bits per heavy atom. The summed E-state index contributed by atoms with van der Waals surface area (Å²) < 4.78 is 28.0. The fourth-order valence-electron chi connectivity index (χ4n) is 4.63. The fraction of sp³-hybridized carbons (Fsp3) is 0.357. The molecule has 12 heteroatoms. The van der Waals surface area contributed by atoms with Crippen LogP contribution in [0.2, 0.25) is 0 Å². The van der Waals surface area contributed by atoms with Gasteiger partial charge >= 0.3 is 11.8 Å². The highest BCUT2D eigenvalue weighted by atomic mass is 19.1. The maximum absolute atomic E-state index is 15.1. The highest BCUT2D eigenvalue weighted by molar-refractivity contribution is 5.91. The topological polar surface area (TPSA) is 137 Å². The van der Waals surface area contributed by atoms with Crippen LogP contribution >= 0.6 is 0 Å². The first-order chi connectivity index (χ1) is 19.3. The number of rotatable bonds is 6. The number of aromatic nitrogens is 7. The van der Waals surface area contributed by atoms with Crippen molar-refractivity contribution < 1.29 is 18.3 Å². The normalized spacial score (nSPS) is 14.6. The summed E-state index contributed by atoms with van der Waals surface area (Å²) in [7, 11) is 0. The lowest BCUT2D eigenvalue weighted by molar-refractivity contribution is 0.0662. The molecule has 1 aromatic carbocycles. The zero-order valence-corrected chi connectivity index (χ0v) is 22.4. The van der Waals surface area contributed by atoms with Gasteiger partial charge in [-0.05, 0) is 30.5 Å². The molecule has 0 radical (unpaired) electrons. The number of halogens is 1. The van der Waals surface area contributed by atoms with Gasteiger partial charge in [0.05, 0.1) is 23.3 Å². The Bertz CT molecular complexity index is 1680. The molecule has 2 N–H and O–H groups in total. The summed E-state index contributed by atoms with van der Waals surface area (Å²) >= 11 is 0. The monoisotopic (exact) mass is 544 g/mol. The van der Waals surface area contributed by atoms with Gasteiger partial charge in [0, 0.05) is 48.7 Å². The molecule has 4 aromatic heterocycles. The third-order valence-electron chi connectivity index (χ3n) is 6.90. The van der Waals surface area contributed by atoms with Crippen molar-refractivity contribution in [2.24, 2.45) is 0 Å². The van der Waals surface area contributed by atoms with Crippen LogP contribution in [0.25, 0.3) is 33.7 Å². The van der Waals surface area contributed by atoms with Gasteiger partial charge in [0.2, 0.25) is 5.89 Å². The summed E-state index contributed by atoms with van der Waals surface area (Å²) in [5.41, 5.74) is 3.43. The number of ether oxygens (including phenoxy) is 1. The Morgan fingerprint density at radius 3 is 2.75 bits per heavy atom. The van der Waals surface area contributed by atoms with E-state index in [0.717, 1.165) is 37.2 Å².